The van der Waals surface area contributed by atoms with E-state index in [0.717, 1.165) is 30.8 Å². The highest BCUT2D eigenvalue weighted by Crippen LogP contribution is 2.39. The number of hydrogen-bond acceptors (Lipinski definition) is 3. The molecule has 0 aliphatic carbocycles. The summed E-state index contributed by atoms with van der Waals surface area (Å²) in [4.78, 5) is 19.6. The zero-order valence-corrected chi connectivity index (χ0v) is 20.7. The van der Waals surface area contributed by atoms with E-state index in [1.165, 1.54) is 6.07 Å². The van der Waals surface area contributed by atoms with Crippen molar-refractivity contribution in [1.29, 1.82) is 0 Å². The molecule has 2 aromatic rings. The van der Waals surface area contributed by atoms with Gasteiger partial charge in [-0.25, -0.2) is 4.39 Å². The highest BCUT2D eigenvalue weighted by atomic mass is 19.1. The van der Waals surface area contributed by atoms with Gasteiger partial charge in [0.2, 0.25) is 0 Å². The lowest BCUT2D eigenvalue weighted by molar-refractivity contribution is -0.00698. The maximum absolute atomic E-state index is 14.4. The molecule has 1 aliphatic heterocycles. The SMILES string of the molecule is C=CCN1C[C@H](C)N([C@](C)(c2ccc(C(=O)N(CC)CC)cc2)c2cccc(F)c2)C[C@H]1C. The fourth-order valence-corrected chi connectivity index (χ4v) is 5.16. The van der Waals surface area contributed by atoms with E-state index >= 15 is 0 Å². The Morgan fingerprint density at radius 2 is 1.76 bits per heavy atom. The van der Waals surface area contributed by atoms with E-state index in [4.69, 9.17) is 0 Å². The molecule has 4 nitrogen and oxygen atoms in total. The van der Waals surface area contributed by atoms with Crippen LogP contribution in [-0.4, -0.2) is 65.4 Å². The van der Waals surface area contributed by atoms with Crippen molar-refractivity contribution in [2.24, 2.45) is 0 Å². The lowest BCUT2D eigenvalue weighted by Crippen LogP contribution is -2.62. The lowest BCUT2D eigenvalue weighted by atomic mass is 9.80. The van der Waals surface area contributed by atoms with Crippen molar-refractivity contribution in [3.05, 3.63) is 83.7 Å². The second-order valence-electron chi connectivity index (χ2n) is 9.23. The number of carbonyl (C=O) groups is 1. The number of hydrogen-bond donors (Lipinski definition) is 0. The normalized spacial score (nSPS) is 21.4. The highest BCUT2D eigenvalue weighted by molar-refractivity contribution is 5.94. The van der Waals surface area contributed by atoms with E-state index in [1.54, 1.807) is 12.1 Å². The predicted molar refractivity (Wildman–Crippen MR) is 134 cm³/mol. The van der Waals surface area contributed by atoms with Crippen LogP contribution in [0.15, 0.2) is 61.2 Å². The first-order chi connectivity index (χ1) is 15.8. The predicted octanol–water partition coefficient (Wildman–Crippen LogP) is 5.15. The molecule has 3 atom stereocenters. The van der Waals surface area contributed by atoms with E-state index in [-0.39, 0.29) is 17.8 Å². The molecule has 3 rings (SSSR count). The number of piperazine rings is 1. The Labute approximate surface area is 198 Å². The smallest absolute Gasteiger partial charge is 0.253 e. The van der Waals surface area contributed by atoms with Gasteiger partial charge in [-0.15, -0.1) is 6.58 Å². The van der Waals surface area contributed by atoms with E-state index in [1.807, 2.05) is 55.2 Å². The summed E-state index contributed by atoms with van der Waals surface area (Å²) in [5.74, 6) is -0.197. The van der Waals surface area contributed by atoms with Crippen molar-refractivity contribution in [3.8, 4) is 0 Å². The quantitative estimate of drug-likeness (QED) is 0.519. The first-order valence-corrected chi connectivity index (χ1v) is 12.0. The highest BCUT2D eigenvalue weighted by Gasteiger charge is 2.42. The molecule has 0 aromatic heterocycles. The molecule has 1 heterocycles. The average Bonchev–Trinajstić information content (AvgIpc) is 2.81. The van der Waals surface area contributed by atoms with E-state index in [2.05, 4.69) is 37.1 Å². The fourth-order valence-electron chi connectivity index (χ4n) is 5.16. The molecule has 1 amide bonds. The standard InChI is InChI=1S/C28H38FN3O/c1-7-17-31-19-22(5)32(20-21(31)4)28(6,25-11-10-12-26(29)18-25)24-15-13-23(14-16-24)27(33)30(8-2)9-3/h7,10-16,18,21-22H,1,8-9,17,19-20H2,2-6H3/t21-,22+,28-/m1/s1. The molecule has 5 heteroatoms. The number of carbonyl (C=O) groups excluding carboxylic acids is 1. The summed E-state index contributed by atoms with van der Waals surface area (Å²) >= 11 is 0. The molecular formula is C28H38FN3O. The first-order valence-electron chi connectivity index (χ1n) is 12.0. The van der Waals surface area contributed by atoms with Gasteiger partial charge < -0.3 is 4.90 Å². The molecule has 0 saturated carbocycles. The third-order valence-corrected chi connectivity index (χ3v) is 7.18. The largest absolute Gasteiger partial charge is 0.339 e. The molecule has 0 spiro atoms. The molecule has 1 aliphatic rings. The number of halogens is 1. The summed E-state index contributed by atoms with van der Waals surface area (Å²) in [6, 6.07) is 15.4. The van der Waals surface area contributed by atoms with E-state index in [0.29, 0.717) is 24.7 Å². The molecule has 2 aromatic carbocycles. The van der Waals surface area contributed by atoms with E-state index < -0.39 is 5.54 Å². The van der Waals surface area contributed by atoms with Crippen LogP contribution >= 0.6 is 0 Å². The Bertz CT molecular complexity index is 956. The Balaban J connectivity index is 2.04. The number of amides is 1. The van der Waals surface area contributed by atoms with Crippen molar-refractivity contribution in [2.75, 3.05) is 32.7 Å². The monoisotopic (exact) mass is 451 g/mol. The molecule has 1 saturated heterocycles. The zero-order valence-electron chi connectivity index (χ0n) is 20.7. The molecule has 178 valence electrons. The van der Waals surface area contributed by atoms with Crippen molar-refractivity contribution >= 4 is 5.91 Å². The Morgan fingerprint density at radius 1 is 1.09 bits per heavy atom. The number of benzene rings is 2. The molecule has 0 bridgehead atoms. The summed E-state index contributed by atoms with van der Waals surface area (Å²) in [6.07, 6.45) is 1.95. The van der Waals surface area contributed by atoms with Crippen LogP contribution < -0.4 is 0 Å². The Hall–Kier alpha value is -2.50. The second-order valence-corrected chi connectivity index (χ2v) is 9.23. The third-order valence-electron chi connectivity index (χ3n) is 7.18. The van der Waals surface area contributed by atoms with Crippen LogP contribution in [-0.2, 0) is 5.54 Å². The maximum Gasteiger partial charge on any atom is 0.253 e. The van der Waals surface area contributed by atoms with Crippen molar-refractivity contribution in [1.82, 2.24) is 14.7 Å². The third kappa shape index (κ3) is 5.04. The van der Waals surface area contributed by atoms with Gasteiger partial charge in [-0.1, -0.05) is 30.3 Å². The van der Waals surface area contributed by atoms with Gasteiger partial charge >= 0.3 is 0 Å². The van der Waals surface area contributed by atoms with Crippen LogP contribution in [0.25, 0.3) is 0 Å². The van der Waals surface area contributed by atoms with Crippen LogP contribution in [0.3, 0.4) is 0 Å². The van der Waals surface area contributed by atoms with Gasteiger partial charge in [0.1, 0.15) is 5.82 Å². The molecule has 0 radical (unpaired) electrons. The minimum Gasteiger partial charge on any atom is -0.339 e. The summed E-state index contributed by atoms with van der Waals surface area (Å²) < 4.78 is 14.4. The van der Waals surface area contributed by atoms with Crippen molar-refractivity contribution in [3.63, 3.8) is 0 Å². The second kappa shape index (κ2) is 10.6. The van der Waals surface area contributed by atoms with Crippen LogP contribution in [0.5, 0.6) is 0 Å². The summed E-state index contributed by atoms with van der Waals surface area (Å²) in [5.41, 5.74) is 2.12. The van der Waals surface area contributed by atoms with Gasteiger partial charge in [-0.3, -0.25) is 14.6 Å². The summed E-state index contributed by atoms with van der Waals surface area (Å²) in [5, 5.41) is 0. The first kappa shape index (κ1) is 25.1. The number of rotatable bonds is 8. The van der Waals surface area contributed by atoms with Crippen molar-refractivity contribution in [2.45, 2.75) is 52.2 Å². The van der Waals surface area contributed by atoms with Crippen LogP contribution in [0, 0.1) is 5.82 Å². The van der Waals surface area contributed by atoms with Gasteiger partial charge in [0.15, 0.2) is 0 Å². The summed E-state index contributed by atoms with van der Waals surface area (Å²) in [6.45, 7) is 18.5. The van der Waals surface area contributed by atoms with Gasteiger partial charge in [-0.05, 0) is 70.0 Å². The van der Waals surface area contributed by atoms with Crippen LogP contribution in [0.1, 0.15) is 56.1 Å². The van der Waals surface area contributed by atoms with Gasteiger partial charge in [-0.2, -0.15) is 0 Å². The molecule has 0 N–H and O–H groups in total. The van der Waals surface area contributed by atoms with Gasteiger partial charge in [0.25, 0.3) is 5.91 Å². The molecule has 0 unspecified atom stereocenters. The minimum atomic E-state index is -0.535. The number of nitrogens with zero attached hydrogens (tertiary/aromatic N) is 3. The average molecular weight is 452 g/mol. The summed E-state index contributed by atoms with van der Waals surface area (Å²) in [7, 11) is 0. The fraction of sp³-hybridized carbons (Fsp3) is 0.464. The Kier molecular flexibility index (Phi) is 8.09. The Morgan fingerprint density at radius 3 is 2.33 bits per heavy atom. The van der Waals surface area contributed by atoms with Crippen LogP contribution in [0.2, 0.25) is 0 Å². The van der Waals surface area contributed by atoms with Crippen LogP contribution in [0.4, 0.5) is 4.39 Å². The van der Waals surface area contributed by atoms with Crippen molar-refractivity contribution < 1.29 is 9.18 Å². The maximum atomic E-state index is 14.4. The topological polar surface area (TPSA) is 26.8 Å². The molecule has 1 fully saturated rings. The molecular weight excluding hydrogens is 413 g/mol. The van der Waals surface area contributed by atoms with E-state index in [9.17, 15) is 9.18 Å². The van der Waals surface area contributed by atoms with Gasteiger partial charge in [0, 0.05) is 50.4 Å². The minimum absolute atomic E-state index is 0.0408. The lowest BCUT2D eigenvalue weighted by Gasteiger charge is -2.52. The van der Waals surface area contributed by atoms with Gasteiger partial charge in [0.05, 0.1) is 5.54 Å². The zero-order chi connectivity index (χ0) is 24.2. The molecule has 33 heavy (non-hydrogen) atoms.